The van der Waals surface area contributed by atoms with Crippen LogP contribution in [0.15, 0.2) is 36.9 Å². The zero-order valence-corrected chi connectivity index (χ0v) is 24.7. The van der Waals surface area contributed by atoms with Crippen LogP contribution in [-0.2, 0) is 23.8 Å². The Labute approximate surface area is 244 Å². The number of benzene rings is 1. The minimum Gasteiger partial charge on any atom is -0.497 e. The van der Waals surface area contributed by atoms with E-state index in [0.717, 1.165) is 0 Å². The van der Waals surface area contributed by atoms with Crippen molar-refractivity contribution in [3.8, 4) is 11.5 Å². The number of amides is 2. The molecule has 42 heavy (non-hydrogen) atoms. The third kappa shape index (κ3) is 6.33. The minimum atomic E-state index is -1.14. The second kappa shape index (κ2) is 12.0. The van der Waals surface area contributed by atoms with Gasteiger partial charge in [0.25, 0.3) is 0 Å². The van der Waals surface area contributed by atoms with Gasteiger partial charge in [0.1, 0.15) is 41.4 Å². The number of likely N-dealkylation sites (tertiary alicyclic amines) is 1. The molecular weight excluding hydrogens is 546 g/mol. The number of carbonyl (C=O) groups excluding carboxylic acids is 4. The van der Waals surface area contributed by atoms with Gasteiger partial charge in [-0.25, -0.2) is 14.6 Å². The number of nitrogens with zero attached hydrogens (tertiary/aromatic N) is 2. The van der Waals surface area contributed by atoms with Crippen LogP contribution in [-0.4, -0.2) is 91.4 Å². The highest BCUT2D eigenvalue weighted by Gasteiger charge is 2.60. The van der Waals surface area contributed by atoms with Crippen LogP contribution >= 0.6 is 0 Å². The van der Waals surface area contributed by atoms with E-state index >= 15 is 0 Å². The second-order valence-corrected chi connectivity index (χ2v) is 11.4. The van der Waals surface area contributed by atoms with Gasteiger partial charge in [-0.1, -0.05) is 6.08 Å². The summed E-state index contributed by atoms with van der Waals surface area (Å²) in [6, 6.07) is 5.61. The summed E-state index contributed by atoms with van der Waals surface area (Å²) >= 11 is 0. The van der Waals surface area contributed by atoms with Crippen LogP contribution in [0.2, 0.25) is 0 Å². The number of esters is 1. The molecule has 2 fully saturated rings. The quantitative estimate of drug-likeness (QED) is 0.327. The van der Waals surface area contributed by atoms with Crippen molar-refractivity contribution < 1.29 is 42.9 Å². The number of Topliss-reactive ketones (excluding diaryl/α,β-unsaturated/α-hetero) is 1. The first kappa shape index (κ1) is 30.8. The Balaban J connectivity index is 1.65. The first-order valence-electron chi connectivity index (χ1n) is 13.6. The van der Waals surface area contributed by atoms with E-state index in [-0.39, 0.29) is 37.0 Å². The monoisotopic (exact) mass is 583 g/mol. The number of rotatable bonds is 10. The van der Waals surface area contributed by atoms with E-state index in [4.69, 9.17) is 23.7 Å². The van der Waals surface area contributed by atoms with E-state index in [2.05, 4.69) is 16.9 Å². The molecule has 2 heterocycles. The van der Waals surface area contributed by atoms with Crippen molar-refractivity contribution in [3.05, 3.63) is 42.6 Å². The summed E-state index contributed by atoms with van der Waals surface area (Å²) < 4.78 is 27.1. The molecule has 1 aliphatic carbocycles. The molecule has 1 aromatic carbocycles. The van der Waals surface area contributed by atoms with Gasteiger partial charge in [-0.05, 0) is 39.3 Å². The Morgan fingerprint density at radius 1 is 1.17 bits per heavy atom. The fourth-order valence-corrected chi connectivity index (χ4v) is 5.11. The molecule has 2 amide bonds. The molecule has 4 rings (SSSR count). The average molecular weight is 584 g/mol. The van der Waals surface area contributed by atoms with Crippen LogP contribution in [0.1, 0.15) is 44.1 Å². The van der Waals surface area contributed by atoms with E-state index < -0.39 is 41.3 Å². The van der Waals surface area contributed by atoms with E-state index in [1.807, 2.05) is 0 Å². The van der Waals surface area contributed by atoms with E-state index in [1.165, 1.54) is 32.3 Å². The Bertz CT molecular complexity index is 1400. The van der Waals surface area contributed by atoms with Gasteiger partial charge in [0.15, 0.2) is 11.5 Å². The molecule has 226 valence electrons. The molecule has 1 saturated heterocycles. The predicted octanol–water partition coefficient (Wildman–Crippen LogP) is 3.06. The zero-order chi connectivity index (χ0) is 30.8. The molecule has 1 aromatic heterocycles. The van der Waals surface area contributed by atoms with Crippen molar-refractivity contribution >= 4 is 34.7 Å². The topological polar surface area (TPSA) is 143 Å². The first-order valence-corrected chi connectivity index (χ1v) is 13.6. The lowest BCUT2D eigenvalue weighted by molar-refractivity contribution is -0.133. The summed E-state index contributed by atoms with van der Waals surface area (Å²) in [4.78, 5) is 57.9. The average Bonchev–Trinajstić information content (AvgIpc) is 3.50. The number of nitrogens with one attached hydrogen (secondary N) is 1. The number of methoxy groups -OCH3 is 3. The highest BCUT2D eigenvalue weighted by Crippen LogP contribution is 2.45. The van der Waals surface area contributed by atoms with Crippen molar-refractivity contribution in [1.29, 1.82) is 0 Å². The summed E-state index contributed by atoms with van der Waals surface area (Å²) in [6.07, 6.45) is 0.772. The number of hydrogen-bond donors (Lipinski definition) is 1. The fourth-order valence-electron chi connectivity index (χ4n) is 5.11. The first-order chi connectivity index (χ1) is 19.8. The van der Waals surface area contributed by atoms with Crippen LogP contribution in [0.3, 0.4) is 0 Å². The Hall–Kier alpha value is -4.19. The fraction of sp³-hybridized carbons (Fsp3) is 0.500. The molecule has 1 saturated carbocycles. The van der Waals surface area contributed by atoms with Crippen LogP contribution in [0, 0.1) is 5.92 Å². The molecule has 0 bridgehead atoms. The third-order valence-electron chi connectivity index (χ3n) is 7.28. The summed E-state index contributed by atoms with van der Waals surface area (Å²) in [5, 5.41) is 3.46. The zero-order valence-electron chi connectivity index (χ0n) is 24.7. The van der Waals surface area contributed by atoms with Gasteiger partial charge in [-0.2, -0.15) is 0 Å². The van der Waals surface area contributed by atoms with E-state index in [0.29, 0.717) is 28.8 Å². The lowest BCUT2D eigenvalue weighted by Gasteiger charge is -2.29. The lowest BCUT2D eigenvalue weighted by atomic mass is 10.1. The molecule has 1 N–H and O–H groups in total. The number of carbonyl (C=O) groups is 4. The highest BCUT2D eigenvalue weighted by atomic mass is 16.6. The molecule has 0 spiro atoms. The van der Waals surface area contributed by atoms with Crippen molar-refractivity contribution in [2.75, 3.05) is 34.5 Å². The molecule has 2 aromatic rings. The van der Waals surface area contributed by atoms with Crippen molar-refractivity contribution in [2.45, 2.75) is 56.9 Å². The van der Waals surface area contributed by atoms with Crippen molar-refractivity contribution in [3.63, 3.8) is 0 Å². The smallest absolute Gasteiger partial charge is 0.411 e. The van der Waals surface area contributed by atoms with Crippen LogP contribution in [0.4, 0.5) is 4.79 Å². The van der Waals surface area contributed by atoms with E-state index in [1.54, 1.807) is 45.0 Å². The van der Waals surface area contributed by atoms with Crippen LogP contribution in [0.25, 0.3) is 10.9 Å². The second-order valence-electron chi connectivity index (χ2n) is 11.4. The van der Waals surface area contributed by atoms with Gasteiger partial charge in [0, 0.05) is 37.0 Å². The Morgan fingerprint density at radius 3 is 2.50 bits per heavy atom. The summed E-state index contributed by atoms with van der Waals surface area (Å²) in [5.41, 5.74) is -1.49. The van der Waals surface area contributed by atoms with Gasteiger partial charge in [0.2, 0.25) is 5.91 Å². The number of fused-ring (bicyclic) bond motifs is 1. The lowest BCUT2D eigenvalue weighted by Crippen LogP contribution is -2.54. The summed E-state index contributed by atoms with van der Waals surface area (Å²) in [5.74, 6) is -0.835. The standard InChI is InChI=1S/C30H37N3O9/c1-8-17-14-30(17,25(34)16-38-5)32-26(35)23-12-19(15-33(23)28(37)42-29(2,3)4)41-24-13-22(27(36)40-7)31-21-11-18(39-6)9-10-20(21)24/h8-11,13,17,19,23H,1,12,14-16H2,2-7H3,(H,32,35)/t17-,19-,23+,30-/m1/s1. The van der Waals surface area contributed by atoms with Gasteiger partial charge in [-0.3, -0.25) is 14.5 Å². The number of hydrogen-bond acceptors (Lipinski definition) is 10. The summed E-state index contributed by atoms with van der Waals surface area (Å²) in [7, 11) is 4.18. The van der Waals surface area contributed by atoms with Crippen LogP contribution in [0.5, 0.6) is 11.5 Å². The summed E-state index contributed by atoms with van der Waals surface area (Å²) in [6.45, 7) is 8.81. The Kier molecular flexibility index (Phi) is 8.76. The number of pyridine rings is 1. The SMILES string of the molecule is C=C[C@@H]1C[C@]1(NC(=O)[C@@H]1C[C@@H](Oc2cc(C(=O)OC)nc3cc(OC)ccc23)CN1C(=O)OC(C)(C)C)C(=O)COC. The third-order valence-corrected chi connectivity index (χ3v) is 7.28. The highest BCUT2D eigenvalue weighted by molar-refractivity contribution is 5.99. The number of ketones is 1. The number of ether oxygens (including phenoxy) is 5. The molecular formula is C30H37N3O9. The molecule has 2 aliphatic rings. The van der Waals surface area contributed by atoms with Crippen LogP contribution < -0.4 is 14.8 Å². The van der Waals surface area contributed by atoms with Gasteiger partial charge >= 0.3 is 12.1 Å². The molecule has 12 heteroatoms. The number of aromatic nitrogens is 1. The maximum absolute atomic E-state index is 13.7. The minimum absolute atomic E-state index is 0.0183. The largest absolute Gasteiger partial charge is 0.497 e. The van der Waals surface area contributed by atoms with Gasteiger partial charge in [0.05, 0.1) is 26.3 Å². The Morgan fingerprint density at radius 2 is 1.90 bits per heavy atom. The molecule has 0 unspecified atom stereocenters. The maximum Gasteiger partial charge on any atom is 0.411 e. The van der Waals surface area contributed by atoms with E-state index in [9.17, 15) is 19.2 Å². The van der Waals surface area contributed by atoms with Crippen molar-refractivity contribution in [1.82, 2.24) is 15.2 Å². The molecule has 4 atom stereocenters. The van der Waals surface area contributed by atoms with Gasteiger partial charge in [-0.15, -0.1) is 6.58 Å². The normalized spacial score (nSPS) is 23.2. The predicted molar refractivity (Wildman–Crippen MR) is 151 cm³/mol. The molecule has 12 nitrogen and oxygen atoms in total. The van der Waals surface area contributed by atoms with Crippen molar-refractivity contribution in [2.24, 2.45) is 5.92 Å². The molecule has 0 radical (unpaired) electrons. The maximum atomic E-state index is 13.7. The van der Waals surface area contributed by atoms with Gasteiger partial charge < -0.3 is 29.0 Å². The molecule has 1 aliphatic heterocycles.